The Bertz CT molecular complexity index is 1490. The molecule has 4 aromatic rings. The molecule has 0 unspecified atom stereocenters. The molecule has 0 amide bonds. The van der Waals surface area contributed by atoms with E-state index in [9.17, 15) is 17.6 Å². The minimum Gasteiger partial charge on any atom is -0.345 e. The van der Waals surface area contributed by atoms with Gasteiger partial charge in [0.05, 0.1) is 16.1 Å². The second kappa shape index (κ2) is 9.53. The summed E-state index contributed by atoms with van der Waals surface area (Å²) in [5, 5.41) is 5.51. The van der Waals surface area contributed by atoms with Gasteiger partial charge in [-0.05, 0) is 42.3 Å². The van der Waals surface area contributed by atoms with Gasteiger partial charge in [-0.3, -0.25) is 4.79 Å². The van der Waals surface area contributed by atoms with E-state index in [1.165, 1.54) is 42.5 Å². The second-order valence-corrected chi connectivity index (χ2v) is 9.92. The number of carbonyl (C=O) groups excluding carboxylic acids is 1. The molecule has 0 aliphatic heterocycles. The molecule has 0 fully saturated rings. The molecule has 2 aromatic heterocycles. The summed E-state index contributed by atoms with van der Waals surface area (Å²) < 4.78 is 55.4. The molecule has 176 valence electrons. The third kappa shape index (κ3) is 4.67. The van der Waals surface area contributed by atoms with Crippen LogP contribution in [0.25, 0.3) is 22.2 Å². The standard InChI is InChI=1S/C23H20F2N4O3S2/c1-2-9-33-29-19-8-7-18(24)20(21(19)25)22(30)17-12-28-23-16(17)10-14(11-27-23)13-3-5-15(6-4-13)34(26,31)32/h3-8,10-12,29H,2,9H2,1H3,(H,27,28)(H2,26,31,32). The van der Waals surface area contributed by atoms with Gasteiger partial charge in [0.1, 0.15) is 11.5 Å². The Hall–Kier alpha value is -3.28. The zero-order chi connectivity index (χ0) is 24.5. The molecule has 7 nitrogen and oxygen atoms in total. The van der Waals surface area contributed by atoms with E-state index in [1.54, 1.807) is 18.2 Å². The summed E-state index contributed by atoms with van der Waals surface area (Å²) >= 11 is 1.26. The number of anilines is 1. The smallest absolute Gasteiger partial charge is 0.238 e. The lowest BCUT2D eigenvalue weighted by Crippen LogP contribution is -2.11. The van der Waals surface area contributed by atoms with E-state index >= 15 is 4.39 Å². The molecular weight excluding hydrogens is 482 g/mol. The minimum absolute atomic E-state index is 0.0248. The topological polar surface area (TPSA) is 118 Å². The Kier molecular flexibility index (Phi) is 6.69. The average Bonchev–Trinajstić information content (AvgIpc) is 3.23. The second-order valence-electron chi connectivity index (χ2n) is 7.46. The predicted molar refractivity (Wildman–Crippen MR) is 129 cm³/mol. The molecule has 34 heavy (non-hydrogen) atoms. The summed E-state index contributed by atoms with van der Waals surface area (Å²) in [5.41, 5.74) is 0.985. The van der Waals surface area contributed by atoms with Gasteiger partial charge in [0.15, 0.2) is 5.82 Å². The fourth-order valence-electron chi connectivity index (χ4n) is 3.39. The molecule has 0 atom stereocenters. The summed E-state index contributed by atoms with van der Waals surface area (Å²) in [6.07, 6.45) is 3.76. The SMILES string of the molecule is CCCSNc1ccc(F)c(C(=O)c2c[nH]c3ncc(-c4ccc(S(N)(=O)=O)cc4)cc23)c1F. The Morgan fingerprint density at radius 2 is 1.88 bits per heavy atom. The fraction of sp³-hybridized carbons (Fsp3) is 0.130. The highest BCUT2D eigenvalue weighted by atomic mass is 32.2. The average molecular weight is 503 g/mol. The van der Waals surface area contributed by atoms with Crippen LogP contribution in [0, 0.1) is 11.6 Å². The highest BCUT2D eigenvalue weighted by Crippen LogP contribution is 2.30. The van der Waals surface area contributed by atoms with Gasteiger partial charge in [0.2, 0.25) is 15.8 Å². The number of ketones is 1. The van der Waals surface area contributed by atoms with E-state index in [4.69, 9.17) is 5.14 Å². The van der Waals surface area contributed by atoms with Gasteiger partial charge in [-0.2, -0.15) is 0 Å². The van der Waals surface area contributed by atoms with Crippen LogP contribution in [0.4, 0.5) is 14.5 Å². The summed E-state index contributed by atoms with van der Waals surface area (Å²) in [6, 6.07) is 9.78. The molecule has 11 heteroatoms. The number of hydrogen-bond acceptors (Lipinski definition) is 6. The van der Waals surface area contributed by atoms with Crippen molar-refractivity contribution in [2.45, 2.75) is 18.2 Å². The number of nitrogens with two attached hydrogens (primary N) is 1. The summed E-state index contributed by atoms with van der Waals surface area (Å²) in [5.74, 6) is -2.04. The molecule has 0 spiro atoms. The number of nitrogens with zero attached hydrogens (tertiary/aromatic N) is 1. The predicted octanol–water partition coefficient (Wildman–Crippen LogP) is 4.86. The van der Waals surface area contributed by atoms with Crippen molar-refractivity contribution in [2.75, 3.05) is 10.5 Å². The number of fused-ring (bicyclic) bond motifs is 1. The van der Waals surface area contributed by atoms with Crippen LogP contribution in [-0.4, -0.2) is 29.9 Å². The van der Waals surface area contributed by atoms with E-state index in [1.807, 2.05) is 6.92 Å². The lowest BCUT2D eigenvalue weighted by molar-refractivity contribution is 0.103. The van der Waals surface area contributed by atoms with E-state index in [2.05, 4.69) is 14.7 Å². The summed E-state index contributed by atoms with van der Waals surface area (Å²) in [7, 11) is -3.84. The quantitative estimate of drug-likeness (QED) is 0.180. The van der Waals surface area contributed by atoms with E-state index in [0.717, 1.165) is 18.2 Å². The first-order valence-corrected chi connectivity index (χ1v) is 12.7. The van der Waals surface area contributed by atoms with Gasteiger partial charge in [0, 0.05) is 34.7 Å². The summed E-state index contributed by atoms with van der Waals surface area (Å²) in [6.45, 7) is 1.97. The van der Waals surface area contributed by atoms with Crippen LogP contribution in [0.1, 0.15) is 29.3 Å². The van der Waals surface area contributed by atoms with Crippen LogP contribution >= 0.6 is 11.9 Å². The molecule has 0 radical (unpaired) electrons. The first-order valence-electron chi connectivity index (χ1n) is 10.2. The number of rotatable bonds is 8. The number of aromatic nitrogens is 2. The monoisotopic (exact) mass is 502 g/mol. The molecular formula is C23H20F2N4O3S2. The third-order valence-electron chi connectivity index (χ3n) is 5.10. The lowest BCUT2D eigenvalue weighted by atomic mass is 10.00. The van der Waals surface area contributed by atoms with Crippen molar-refractivity contribution >= 4 is 44.5 Å². The number of benzene rings is 2. The molecule has 2 heterocycles. The minimum atomic E-state index is -3.84. The first-order chi connectivity index (χ1) is 16.2. The molecule has 2 aromatic carbocycles. The van der Waals surface area contributed by atoms with Gasteiger partial charge in [0.25, 0.3) is 0 Å². The van der Waals surface area contributed by atoms with Gasteiger partial charge in [-0.1, -0.05) is 31.0 Å². The number of primary sulfonamides is 1. The number of carbonyl (C=O) groups is 1. The van der Waals surface area contributed by atoms with Crippen molar-refractivity contribution in [1.29, 1.82) is 0 Å². The van der Waals surface area contributed by atoms with Crippen molar-refractivity contribution in [3.63, 3.8) is 0 Å². The molecule has 0 saturated heterocycles. The van der Waals surface area contributed by atoms with Gasteiger partial charge >= 0.3 is 0 Å². The number of H-pyrrole nitrogens is 1. The molecule has 4 N–H and O–H groups in total. The first kappa shape index (κ1) is 23.9. The normalized spacial score (nSPS) is 11.6. The number of halogens is 2. The molecule has 0 aliphatic carbocycles. The van der Waals surface area contributed by atoms with Crippen molar-refractivity contribution < 1.29 is 22.0 Å². The fourth-order valence-corrected chi connectivity index (χ4v) is 4.53. The zero-order valence-electron chi connectivity index (χ0n) is 17.9. The Morgan fingerprint density at radius 1 is 1.15 bits per heavy atom. The highest BCUT2D eigenvalue weighted by Gasteiger charge is 2.24. The van der Waals surface area contributed by atoms with Crippen molar-refractivity contribution in [3.05, 3.63) is 77.6 Å². The van der Waals surface area contributed by atoms with E-state index in [-0.39, 0.29) is 16.1 Å². The van der Waals surface area contributed by atoms with Crippen molar-refractivity contribution in [2.24, 2.45) is 5.14 Å². The summed E-state index contributed by atoms with van der Waals surface area (Å²) in [4.78, 5) is 20.3. The molecule has 0 saturated carbocycles. The number of sulfonamides is 1. The number of pyridine rings is 1. The molecule has 0 bridgehead atoms. The largest absolute Gasteiger partial charge is 0.345 e. The third-order valence-corrected chi connectivity index (χ3v) is 7.00. The zero-order valence-corrected chi connectivity index (χ0v) is 19.6. The number of aromatic amines is 1. The van der Waals surface area contributed by atoms with Crippen LogP contribution in [-0.2, 0) is 10.0 Å². The number of nitrogens with one attached hydrogen (secondary N) is 2. The van der Waals surface area contributed by atoms with E-state index < -0.39 is 33.0 Å². The maximum absolute atomic E-state index is 15.1. The highest BCUT2D eigenvalue weighted by molar-refractivity contribution is 8.00. The Morgan fingerprint density at radius 3 is 2.56 bits per heavy atom. The van der Waals surface area contributed by atoms with E-state index in [0.29, 0.717) is 22.2 Å². The van der Waals surface area contributed by atoms with Gasteiger partial charge < -0.3 is 9.71 Å². The van der Waals surface area contributed by atoms with Gasteiger partial charge in [-0.25, -0.2) is 27.3 Å². The van der Waals surface area contributed by atoms with Gasteiger partial charge in [-0.15, -0.1) is 0 Å². The van der Waals surface area contributed by atoms with Crippen LogP contribution < -0.4 is 9.86 Å². The van der Waals surface area contributed by atoms with Crippen LogP contribution in [0.3, 0.4) is 0 Å². The maximum atomic E-state index is 15.1. The maximum Gasteiger partial charge on any atom is 0.238 e. The van der Waals surface area contributed by atoms with Crippen molar-refractivity contribution in [3.8, 4) is 11.1 Å². The Labute approximate surface area is 199 Å². The lowest BCUT2D eigenvalue weighted by Gasteiger charge is -2.10. The Balaban J connectivity index is 1.73. The van der Waals surface area contributed by atoms with Crippen LogP contribution in [0.5, 0.6) is 0 Å². The van der Waals surface area contributed by atoms with Crippen LogP contribution in [0.15, 0.2) is 59.8 Å². The molecule has 4 rings (SSSR count). The number of hydrogen-bond donors (Lipinski definition) is 3. The molecule has 0 aliphatic rings. The van der Waals surface area contributed by atoms with Crippen LogP contribution in [0.2, 0.25) is 0 Å². The van der Waals surface area contributed by atoms with Crippen molar-refractivity contribution in [1.82, 2.24) is 9.97 Å².